The molecule has 0 fully saturated rings. The molecule has 0 aliphatic rings. The first-order chi connectivity index (χ1) is 8.29. The van der Waals surface area contributed by atoms with Gasteiger partial charge in [0.1, 0.15) is 5.56 Å². The fourth-order valence-electron chi connectivity index (χ4n) is 1.57. The molecule has 0 aliphatic carbocycles. The quantitative estimate of drug-likeness (QED) is 0.830. The van der Waals surface area contributed by atoms with E-state index in [0.717, 1.165) is 12.3 Å². The number of aromatic amines is 1. The third kappa shape index (κ3) is 2.12. The summed E-state index contributed by atoms with van der Waals surface area (Å²) in [6, 6.07) is 5.27. The number of carbonyl (C=O) groups is 1. The lowest BCUT2D eigenvalue weighted by Crippen LogP contribution is -2.17. The van der Waals surface area contributed by atoms with E-state index in [4.69, 9.17) is 5.11 Å². The third-order valence-corrected chi connectivity index (χ3v) is 3.58. The molecule has 1 aromatic carbocycles. The van der Waals surface area contributed by atoms with Crippen molar-refractivity contribution in [3.05, 3.63) is 40.2 Å². The molecule has 0 saturated heterocycles. The van der Waals surface area contributed by atoms with Crippen LogP contribution in [0, 0.1) is 0 Å². The van der Waals surface area contributed by atoms with Crippen molar-refractivity contribution in [2.45, 2.75) is 4.90 Å². The van der Waals surface area contributed by atoms with Crippen molar-refractivity contribution in [3.8, 4) is 0 Å². The van der Waals surface area contributed by atoms with Crippen LogP contribution in [0.4, 0.5) is 0 Å². The molecular weight excluding hydrogens is 258 g/mol. The van der Waals surface area contributed by atoms with Gasteiger partial charge in [0.15, 0.2) is 9.84 Å². The van der Waals surface area contributed by atoms with Gasteiger partial charge in [-0.05, 0) is 24.3 Å². The van der Waals surface area contributed by atoms with Gasteiger partial charge in [-0.25, -0.2) is 13.2 Å². The van der Waals surface area contributed by atoms with E-state index in [-0.39, 0.29) is 4.90 Å². The minimum atomic E-state index is -3.38. The molecule has 2 N–H and O–H groups in total. The molecule has 0 spiro atoms. The molecule has 94 valence electrons. The highest BCUT2D eigenvalue weighted by Crippen LogP contribution is 2.17. The van der Waals surface area contributed by atoms with Crippen LogP contribution < -0.4 is 5.56 Å². The number of H-pyrrole nitrogens is 1. The molecule has 0 unspecified atom stereocenters. The molecule has 1 aromatic heterocycles. The van der Waals surface area contributed by atoms with Crippen LogP contribution in [0.15, 0.2) is 34.0 Å². The lowest BCUT2D eigenvalue weighted by atomic mass is 10.1. The second kappa shape index (κ2) is 3.95. The van der Waals surface area contributed by atoms with Crippen LogP contribution in [0.3, 0.4) is 0 Å². The monoisotopic (exact) mass is 267 g/mol. The first-order valence-electron chi connectivity index (χ1n) is 4.89. The topological polar surface area (TPSA) is 104 Å². The molecule has 0 aliphatic heterocycles. The number of carboxylic acids is 1. The van der Waals surface area contributed by atoms with Crippen LogP contribution in [0.5, 0.6) is 0 Å². The summed E-state index contributed by atoms with van der Waals surface area (Å²) in [6.45, 7) is 0. The number of aromatic carboxylic acids is 1. The Hall–Kier alpha value is -2.15. The Kier molecular flexibility index (Phi) is 2.70. The number of sulfone groups is 1. The Morgan fingerprint density at radius 2 is 1.94 bits per heavy atom. The average molecular weight is 267 g/mol. The van der Waals surface area contributed by atoms with Crippen molar-refractivity contribution in [2.24, 2.45) is 0 Å². The van der Waals surface area contributed by atoms with E-state index in [2.05, 4.69) is 4.98 Å². The molecule has 2 aromatic rings. The van der Waals surface area contributed by atoms with E-state index >= 15 is 0 Å². The number of pyridine rings is 1. The SMILES string of the molecule is CS(=O)(=O)c1ccc2[nH]c(=O)c(C(=O)O)cc2c1. The average Bonchev–Trinajstić information content (AvgIpc) is 2.25. The van der Waals surface area contributed by atoms with Gasteiger partial charge in [0.05, 0.1) is 4.90 Å². The zero-order valence-electron chi connectivity index (χ0n) is 9.30. The van der Waals surface area contributed by atoms with Gasteiger partial charge < -0.3 is 10.1 Å². The number of hydrogen-bond acceptors (Lipinski definition) is 4. The second-order valence-electron chi connectivity index (χ2n) is 3.84. The summed E-state index contributed by atoms with van der Waals surface area (Å²) in [5.41, 5.74) is -0.757. The predicted molar refractivity (Wildman–Crippen MR) is 64.6 cm³/mol. The van der Waals surface area contributed by atoms with Crippen molar-refractivity contribution in [2.75, 3.05) is 6.26 Å². The maximum Gasteiger partial charge on any atom is 0.341 e. The highest BCUT2D eigenvalue weighted by atomic mass is 32.2. The molecule has 1 heterocycles. The van der Waals surface area contributed by atoms with Gasteiger partial charge in [-0.3, -0.25) is 4.79 Å². The molecule has 0 bridgehead atoms. The molecule has 7 heteroatoms. The first-order valence-corrected chi connectivity index (χ1v) is 6.78. The van der Waals surface area contributed by atoms with Gasteiger partial charge in [0, 0.05) is 17.2 Å². The minimum Gasteiger partial charge on any atom is -0.477 e. The van der Waals surface area contributed by atoms with Crippen LogP contribution in [0.25, 0.3) is 10.9 Å². The van der Waals surface area contributed by atoms with Crippen molar-refractivity contribution >= 4 is 26.7 Å². The van der Waals surface area contributed by atoms with Crippen LogP contribution in [0.2, 0.25) is 0 Å². The number of benzene rings is 1. The Balaban J connectivity index is 2.81. The Labute approximate surface area is 102 Å². The molecule has 0 amide bonds. The summed E-state index contributed by atoms with van der Waals surface area (Å²) in [7, 11) is -3.38. The van der Waals surface area contributed by atoms with Gasteiger partial charge in [-0.1, -0.05) is 0 Å². The molecule has 0 saturated carbocycles. The van der Waals surface area contributed by atoms with Crippen molar-refractivity contribution < 1.29 is 18.3 Å². The van der Waals surface area contributed by atoms with Gasteiger partial charge in [0.25, 0.3) is 5.56 Å². The van der Waals surface area contributed by atoms with E-state index in [1.165, 1.54) is 18.2 Å². The Morgan fingerprint density at radius 1 is 1.28 bits per heavy atom. The molecule has 6 nitrogen and oxygen atoms in total. The van der Waals surface area contributed by atoms with Crippen molar-refractivity contribution in [1.82, 2.24) is 4.98 Å². The molecule has 2 rings (SSSR count). The van der Waals surface area contributed by atoms with Crippen molar-refractivity contribution in [1.29, 1.82) is 0 Å². The number of hydrogen-bond donors (Lipinski definition) is 2. The lowest BCUT2D eigenvalue weighted by Gasteiger charge is -2.02. The molecule has 0 radical (unpaired) electrons. The largest absolute Gasteiger partial charge is 0.477 e. The number of rotatable bonds is 2. The summed E-state index contributed by atoms with van der Waals surface area (Å²) in [4.78, 5) is 24.7. The number of fused-ring (bicyclic) bond motifs is 1. The first kappa shape index (κ1) is 12.3. The maximum atomic E-state index is 11.4. The molecular formula is C11H9NO5S. The van der Waals surface area contributed by atoms with Gasteiger partial charge in [0.2, 0.25) is 0 Å². The maximum absolute atomic E-state index is 11.4. The van der Waals surface area contributed by atoms with E-state index in [0.29, 0.717) is 10.9 Å². The number of nitrogens with one attached hydrogen (secondary N) is 1. The lowest BCUT2D eigenvalue weighted by molar-refractivity contribution is 0.0695. The second-order valence-corrected chi connectivity index (χ2v) is 5.85. The summed E-state index contributed by atoms with van der Waals surface area (Å²) in [6.07, 6.45) is 1.05. The van der Waals surface area contributed by atoms with E-state index < -0.39 is 26.9 Å². The Bertz CT molecular complexity index is 804. The third-order valence-electron chi connectivity index (χ3n) is 2.47. The number of aromatic nitrogens is 1. The normalized spacial score (nSPS) is 11.6. The van der Waals surface area contributed by atoms with E-state index in [1.807, 2.05) is 0 Å². The molecule has 0 atom stereocenters. The minimum absolute atomic E-state index is 0.0680. The number of carboxylic acid groups (broad SMARTS) is 1. The van der Waals surface area contributed by atoms with Crippen LogP contribution in [-0.4, -0.2) is 30.7 Å². The smallest absolute Gasteiger partial charge is 0.341 e. The van der Waals surface area contributed by atoms with Crippen LogP contribution in [-0.2, 0) is 9.84 Å². The summed E-state index contributed by atoms with van der Waals surface area (Å²) < 4.78 is 22.7. The van der Waals surface area contributed by atoms with E-state index in [1.54, 1.807) is 0 Å². The standard InChI is InChI=1S/C11H9NO5S/c1-18(16,17)7-2-3-9-6(4-7)5-8(11(14)15)10(13)12-9/h2-5H,1H3,(H,12,13)(H,14,15). The highest BCUT2D eigenvalue weighted by Gasteiger charge is 2.12. The highest BCUT2D eigenvalue weighted by molar-refractivity contribution is 7.90. The van der Waals surface area contributed by atoms with Gasteiger partial charge in [-0.2, -0.15) is 0 Å². The van der Waals surface area contributed by atoms with E-state index in [9.17, 15) is 18.0 Å². The zero-order chi connectivity index (χ0) is 13.5. The molecule has 18 heavy (non-hydrogen) atoms. The predicted octanol–water partition coefficient (Wildman–Crippen LogP) is 0.630. The van der Waals surface area contributed by atoms with Crippen LogP contribution >= 0.6 is 0 Å². The summed E-state index contributed by atoms with van der Waals surface area (Å²) >= 11 is 0. The zero-order valence-corrected chi connectivity index (χ0v) is 10.1. The fraction of sp³-hybridized carbons (Fsp3) is 0.0909. The van der Waals surface area contributed by atoms with Crippen LogP contribution in [0.1, 0.15) is 10.4 Å². The van der Waals surface area contributed by atoms with Crippen molar-refractivity contribution in [3.63, 3.8) is 0 Å². The summed E-state index contributed by atoms with van der Waals surface area (Å²) in [5, 5.41) is 9.17. The fourth-order valence-corrected chi connectivity index (χ4v) is 2.23. The van der Waals surface area contributed by atoms with Gasteiger partial charge in [-0.15, -0.1) is 0 Å². The Morgan fingerprint density at radius 3 is 2.50 bits per heavy atom. The van der Waals surface area contributed by atoms with Gasteiger partial charge >= 0.3 is 5.97 Å². The summed E-state index contributed by atoms with van der Waals surface area (Å²) in [5.74, 6) is -1.36.